The van der Waals surface area contributed by atoms with Crippen LogP contribution in [0.3, 0.4) is 0 Å². The number of aromatic nitrogens is 2. The molecule has 0 aliphatic heterocycles. The van der Waals surface area contributed by atoms with E-state index >= 15 is 0 Å². The van der Waals surface area contributed by atoms with Crippen molar-refractivity contribution in [3.63, 3.8) is 0 Å². The van der Waals surface area contributed by atoms with Gasteiger partial charge in [-0.1, -0.05) is 12.1 Å². The number of methoxy groups -OCH3 is 2. The highest BCUT2D eigenvalue weighted by atomic mass is 16.6. The Morgan fingerprint density at radius 3 is 2.38 bits per heavy atom. The third kappa shape index (κ3) is 6.05. The van der Waals surface area contributed by atoms with Crippen LogP contribution < -0.4 is 19.8 Å². The van der Waals surface area contributed by atoms with Gasteiger partial charge >= 0.3 is 5.97 Å². The van der Waals surface area contributed by atoms with Crippen molar-refractivity contribution in [2.24, 2.45) is 0 Å². The summed E-state index contributed by atoms with van der Waals surface area (Å²) in [7, 11) is 3.07. The normalized spacial score (nSPS) is 11.8. The van der Waals surface area contributed by atoms with Gasteiger partial charge in [0.15, 0.2) is 17.6 Å². The van der Waals surface area contributed by atoms with Crippen LogP contribution in [-0.2, 0) is 27.2 Å². The molecule has 0 saturated carbocycles. The number of hydrogen-bond donors (Lipinski definition) is 0. The fourth-order valence-corrected chi connectivity index (χ4v) is 3.50. The van der Waals surface area contributed by atoms with Crippen LogP contribution >= 0.6 is 0 Å². The first-order valence-corrected chi connectivity index (χ1v) is 11.1. The van der Waals surface area contributed by atoms with Gasteiger partial charge in [-0.25, -0.2) is 9.48 Å². The Balaban J connectivity index is 1.62. The molecule has 1 heterocycles. The molecular weight excluding hydrogens is 440 g/mol. The molecule has 9 heteroatoms. The molecule has 1 aromatic heterocycles. The fourth-order valence-electron chi connectivity index (χ4n) is 3.50. The molecule has 1 atom stereocenters. The molecule has 0 aliphatic rings. The van der Waals surface area contributed by atoms with E-state index in [1.54, 1.807) is 32.4 Å². The minimum Gasteiger partial charge on any atom is -0.493 e. The summed E-state index contributed by atoms with van der Waals surface area (Å²) in [5, 5.41) is 5.39. The van der Waals surface area contributed by atoms with Crippen LogP contribution in [0.4, 0.5) is 0 Å². The molecule has 0 saturated heterocycles. The topological polar surface area (TPSA) is 98.1 Å². The lowest BCUT2D eigenvalue weighted by Gasteiger charge is -2.16. The molecule has 34 heavy (non-hydrogen) atoms. The Labute approximate surface area is 198 Å². The van der Waals surface area contributed by atoms with Crippen LogP contribution in [0.15, 0.2) is 47.4 Å². The monoisotopic (exact) mass is 470 g/mol. The molecule has 182 valence electrons. The van der Waals surface area contributed by atoms with Crippen molar-refractivity contribution in [2.75, 3.05) is 34.0 Å². The average Bonchev–Trinajstić information content (AvgIpc) is 2.85. The molecule has 0 spiro atoms. The zero-order valence-electron chi connectivity index (χ0n) is 19.9. The van der Waals surface area contributed by atoms with Gasteiger partial charge in [0.2, 0.25) is 0 Å². The molecule has 3 aromatic rings. The van der Waals surface area contributed by atoms with Crippen LogP contribution in [0.1, 0.15) is 19.4 Å². The highest BCUT2D eigenvalue weighted by Crippen LogP contribution is 2.30. The molecule has 0 bridgehead atoms. The predicted octanol–water partition coefficient (Wildman–Crippen LogP) is 3.00. The molecule has 1 unspecified atom stereocenters. The first-order chi connectivity index (χ1) is 16.5. The number of carbonyl (C=O) groups is 1. The summed E-state index contributed by atoms with van der Waals surface area (Å²) >= 11 is 0. The van der Waals surface area contributed by atoms with Crippen molar-refractivity contribution in [3.05, 3.63) is 58.5 Å². The van der Waals surface area contributed by atoms with Gasteiger partial charge in [0.05, 0.1) is 39.0 Å². The van der Waals surface area contributed by atoms with E-state index in [9.17, 15) is 9.59 Å². The molecule has 2 aromatic carbocycles. The molecule has 0 N–H and O–H groups in total. The second-order valence-corrected chi connectivity index (χ2v) is 7.36. The van der Waals surface area contributed by atoms with E-state index < -0.39 is 6.10 Å². The van der Waals surface area contributed by atoms with Gasteiger partial charge < -0.3 is 23.7 Å². The summed E-state index contributed by atoms with van der Waals surface area (Å²) in [5.74, 6) is 1.30. The molecule has 0 fully saturated rings. The number of nitrogens with zero attached hydrogens (tertiary/aromatic N) is 2. The van der Waals surface area contributed by atoms with E-state index in [1.165, 1.54) is 11.8 Å². The minimum absolute atomic E-state index is 0.238. The second-order valence-electron chi connectivity index (χ2n) is 7.36. The SMILES string of the molecule is CCOC(=O)C(Cc1ccc(OCCn2ncc3cc(OC)c(OC)cc3c2=O)cc1)OCC. The number of carbonyl (C=O) groups excluding carboxylic acids is 1. The van der Waals surface area contributed by atoms with Gasteiger partial charge in [-0.15, -0.1) is 0 Å². The van der Waals surface area contributed by atoms with E-state index in [0.29, 0.717) is 47.7 Å². The van der Waals surface area contributed by atoms with Gasteiger partial charge in [-0.2, -0.15) is 5.10 Å². The van der Waals surface area contributed by atoms with Gasteiger partial charge in [-0.3, -0.25) is 4.79 Å². The van der Waals surface area contributed by atoms with Crippen LogP contribution in [-0.4, -0.2) is 55.9 Å². The maximum Gasteiger partial charge on any atom is 0.335 e. The largest absolute Gasteiger partial charge is 0.493 e. The fraction of sp³-hybridized carbons (Fsp3) is 0.400. The van der Waals surface area contributed by atoms with Crippen LogP contribution in [0, 0.1) is 0 Å². The summed E-state index contributed by atoms with van der Waals surface area (Å²) in [6, 6.07) is 10.8. The summed E-state index contributed by atoms with van der Waals surface area (Å²) in [4.78, 5) is 24.9. The van der Waals surface area contributed by atoms with Crippen molar-refractivity contribution in [1.82, 2.24) is 9.78 Å². The smallest absolute Gasteiger partial charge is 0.335 e. The molecule has 0 radical (unpaired) electrons. The molecule has 3 rings (SSSR count). The van der Waals surface area contributed by atoms with Crippen molar-refractivity contribution < 1.29 is 28.5 Å². The minimum atomic E-state index is -0.638. The maximum atomic E-state index is 12.8. The Morgan fingerprint density at radius 1 is 1.03 bits per heavy atom. The zero-order chi connectivity index (χ0) is 24.5. The van der Waals surface area contributed by atoms with Gasteiger partial charge in [0.1, 0.15) is 12.4 Å². The number of hydrogen-bond acceptors (Lipinski definition) is 8. The lowest BCUT2D eigenvalue weighted by Crippen LogP contribution is -2.29. The number of benzene rings is 2. The van der Waals surface area contributed by atoms with Crippen LogP contribution in [0.2, 0.25) is 0 Å². The van der Waals surface area contributed by atoms with Crippen molar-refractivity contribution in [1.29, 1.82) is 0 Å². The van der Waals surface area contributed by atoms with Crippen molar-refractivity contribution in [2.45, 2.75) is 32.9 Å². The number of rotatable bonds is 12. The van der Waals surface area contributed by atoms with E-state index in [4.69, 9.17) is 23.7 Å². The molecule has 0 aliphatic carbocycles. The lowest BCUT2D eigenvalue weighted by atomic mass is 10.1. The molecule has 9 nitrogen and oxygen atoms in total. The van der Waals surface area contributed by atoms with Crippen molar-refractivity contribution >= 4 is 16.7 Å². The predicted molar refractivity (Wildman–Crippen MR) is 127 cm³/mol. The average molecular weight is 471 g/mol. The number of esters is 1. The quantitative estimate of drug-likeness (QED) is 0.373. The Bertz CT molecular complexity index is 1160. The van der Waals surface area contributed by atoms with E-state index in [-0.39, 0.29) is 24.7 Å². The lowest BCUT2D eigenvalue weighted by molar-refractivity contribution is -0.156. The third-order valence-corrected chi connectivity index (χ3v) is 5.19. The Hall–Kier alpha value is -3.59. The highest BCUT2D eigenvalue weighted by molar-refractivity contribution is 5.84. The van der Waals surface area contributed by atoms with Crippen LogP contribution in [0.25, 0.3) is 10.8 Å². The number of ether oxygens (including phenoxy) is 5. The van der Waals surface area contributed by atoms with Gasteiger partial charge in [0.25, 0.3) is 5.56 Å². The summed E-state index contributed by atoms with van der Waals surface area (Å²) < 4.78 is 28.3. The second kappa shape index (κ2) is 12.0. The van der Waals surface area contributed by atoms with E-state index in [2.05, 4.69) is 5.10 Å². The van der Waals surface area contributed by atoms with Gasteiger partial charge in [-0.05, 0) is 43.7 Å². The van der Waals surface area contributed by atoms with Gasteiger partial charge in [0, 0.05) is 18.4 Å². The van der Waals surface area contributed by atoms with E-state index in [1.807, 2.05) is 31.2 Å². The Morgan fingerprint density at radius 2 is 1.74 bits per heavy atom. The van der Waals surface area contributed by atoms with E-state index in [0.717, 1.165) is 5.56 Å². The summed E-state index contributed by atoms with van der Waals surface area (Å²) in [5.41, 5.74) is 0.689. The van der Waals surface area contributed by atoms with Crippen LogP contribution in [0.5, 0.6) is 17.2 Å². The Kier molecular flexibility index (Phi) is 8.86. The molecular formula is C25H30N2O7. The third-order valence-electron chi connectivity index (χ3n) is 5.19. The molecule has 0 amide bonds. The standard InChI is InChI=1S/C25H30N2O7/c1-5-32-23(25(29)33-6-2)13-17-7-9-19(10-8-17)34-12-11-27-24(28)20-15-22(31-4)21(30-3)14-18(20)16-26-27/h7-10,14-16,23H,5-6,11-13H2,1-4H3. The maximum absolute atomic E-state index is 12.8. The summed E-state index contributed by atoms with van der Waals surface area (Å²) in [6.45, 7) is 4.88. The first kappa shape index (κ1) is 25.0. The zero-order valence-corrected chi connectivity index (χ0v) is 19.9. The summed E-state index contributed by atoms with van der Waals surface area (Å²) in [6.07, 6.45) is 1.39. The first-order valence-electron chi connectivity index (χ1n) is 11.1. The highest BCUT2D eigenvalue weighted by Gasteiger charge is 2.20. The van der Waals surface area contributed by atoms with Crippen molar-refractivity contribution in [3.8, 4) is 17.2 Å². The number of fused-ring (bicyclic) bond motifs is 1.